The molecule has 0 aliphatic carbocycles. The molecule has 1 rings (SSSR count). The van der Waals surface area contributed by atoms with E-state index in [1.54, 1.807) is 18.2 Å². The first-order chi connectivity index (χ1) is 9.52. The first kappa shape index (κ1) is 15.0. The van der Waals surface area contributed by atoms with Crippen LogP contribution < -0.4 is 16.0 Å². The van der Waals surface area contributed by atoms with Gasteiger partial charge in [-0.2, -0.15) is 5.26 Å². The number of nitrogens with one attached hydrogen (secondary N) is 3. The molecule has 0 atom stereocenters. The van der Waals surface area contributed by atoms with Gasteiger partial charge < -0.3 is 21.1 Å². The first-order valence-electron chi connectivity index (χ1n) is 5.55. The van der Waals surface area contributed by atoms with Crippen molar-refractivity contribution in [2.45, 2.75) is 0 Å². The largest absolute Gasteiger partial charge is 0.480 e. The molecule has 0 saturated carbocycles. The molecule has 0 heterocycles. The van der Waals surface area contributed by atoms with Crippen LogP contribution in [-0.2, 0) is 9.59 Å². The number of benzene rings is 1. The van der Waals surface area contributed by atoms with Crippen LogP contribution in [0.15, 0.2) is 24.3 Å². The van der Waals surface area contributed by atoms with Crippen LogP contribution in [0.4, 0.5) is 10.5 Å². The van der Waals surface area contributed by atoms with E-state index in [2.05, 4.69) is 16.0 Å². The van der Waals surface area contributed by atoms with E-state index in [0.29, 0.717) is 5.69 Å². The smallest absolute Gasteiger partial charge is 0.322 e. The Hall–Kier alpha value is -3.08. The fraction of sp³-hybridized carbons (Fsp3) is 0.167. The molecular weight excluding hydrogens is 264 g/mol. The molecule has 0 fully saturated rings. The number of nitriles is 1. The second kappa shape index (κ2) is 7.38. The number of carbonyl (C=O) groups excluding carboxylic acids is 2. The van der Waals surface area contributed by atoms with Gasteiger partial charge in [-0.1, -0.05) is 12.1 Å². The van der Waals surface area contributed by atoms with E-state index in [0.717, 1.165) is 0 Å². The number of para-hydroxylation sites is 1. The van der Waals surface area contributed by atoms with Gasteiger partial charge in [-0.3, -0.25) is 9.59 Å². The number of carbonyl (C=O) groups is 3. The van der Waals surface area contributed by atoms with Crippen molar-refractivity contribution >= 4 is 23.6 Å². The normalized spacial score (nSPS) is 9.15. The summed E-state index contributed by atoms with van der Waals surface area (Å²) in [4.78, 5) is 32.9. The molecule has 0 aliphatic rings. The zero-order chi connectivity index (χ0) is 15.0. The lowest BCUT2D eigenvalue weighted by atomic mass is 10.2. The summed E-state index contributed by atoms with van der Waals surface area (Å²) in [7, 11) is 0. The summed E-state index contributed by atoms with van der Waals surface area (Å²) in [6.45, 7) is -0.882. The Morgan fingerprint density at radius 1 is 1.15 bits per heavy atom. The van der Waals surface area contributed by atoms with Crippen LogP contribution in [0.2, 0.25) is 0 Å². The second-order valence-electron chi connectivity index (χ2n) is 3.64. The molecule has 3 amide bonds. The van der Waals surface area contributed by atoms with Gasteiger partial charge in [-0.05, 0) is 12.1 Å². The number of nitrogens with zero attached hydrogens (tertiary/aromatic N) is 1. The van der Waals surface area contributed by atoms with Crippen LogP contribution in [0.25, 0.3) is 0 Å². The Kier molecular flexibility index (Phi) is 5.52. The topological polar surface area (TPSA) is 131 Å². The number of amides is 3. The fourth-order valence-electron chi connectivity index (χ4n) is 1.25. The molecule has 0 spiro atoms. The summed E-state index contributed by atoms with van der Waals surface area (Å²) in [5.74, 6) is -1.80. The fourth-order valence-corrected chi connectivity index (χ4v) is 1.25. The molecule has 0 saturated heterocycles. The maximum Gasteiger partial charge on any atom is 0.322 e. The minimum absolute atomic E-state index is 0.290. The zero-order valence-electron chi connectivity index (χ0n) is 10.3. The van der Waals surface area contributed by atoms with Crippen LogP contribution in [0.1, 0.15) is 5.56 Å². The highest BCUT2D eigenvalue weighted by Crippen LogP contribution is 2.12. The van der Waals surface area contributed by atoms with Crippen molar-refractivity contribution in [3.05, 3.63) is 29.8 Å². The van der Waals surface area contributed by atoms with Crippen molar-refractivity contribution in [1.29, 1.82) is 5.26 Å². The standard InChI is InChI=1S/C12H12N4O4/c13-5-8-3-1-2-4-9(8)16-12(20)15-6-10(17)14-7-11(18)19/h1-4H,6-7H2,(H,14,17)(H,18,19)(H2,15,16,20). The van der Waals surface area contributed by atoms with Crippen molar-refractivity contribution < 1.29 is 19.5 Å². The molecule has 4 N–H and O–H groups in total. The van der Waals surface area contributed by atoms with Gasteiger partial charge in [0, 0.05) is 0 Å². The van der Waals surface area contributed by atoms with Crippen LogP contribution >= 0.6 is 0 Å². The number of carboxylic acids is 1. The third kappa shape index (κ3) is 5.05. The Balaban J connectivity index is 2.43. The van der Waals surface area contributed by atoms with E-state index in [1.807, 2.05) is 6.07 Å². The highest BCUT2D eigenvalue weighted by molar-refractivity contribution is 5.93. The molecule has 0 bridgehead atoms. The Bertz CT molecular complexity index is 565. The molecule has 0 radical (unpaired) electrons. The molecule has 8 nitrogen and oxygen atoms in total. The Labute approximate surface area is 114 Å². The number of carboxylic acid groups (broad SMARTS) is 1. The summed E-state index contributed by atoms with van der Waals surface area (Å²) >= 11 is 0. The van der Waals surface area contributed by atoms with Gasteiger partial charge in [-0.15, -0.1) is 0 Å². The first-order valence-corrected chi connectivity index (χ1v) is 5.55. The van der Waals surface area contributed by atoms with Crippen molar-refractivity contribution in [3.8, 4) is 6.07 Å². The van der Waals surface area contributed by atoms with E-state index < -0.39 is 24.5 Å². The van der Waals surface area contributed by atoms with Gasteiger partial charge in [-0.25, -0.2) is 4.79 Å². The lowest BCUT2D eigenvalue weighted by Crippen LogP contribution is -2.40. The Morgan fingerprint density at radius 3 is 2.50 bits per heavy atom. The minimum atomic E-state index is -1.18. The molecule has 20 heavy (non-hydrogen) atoms. The van der Waals surface area contributed by atoms with Gasteiger partial charge in [0.25, 0.3) is 0 Å². The highest BCUT2D eigenvalue weighted by Gasteiger charge is 2.08. The lowest BCUT2D eigenvalue weighted by Gasteiger charge is -2.08. The van der Waals surface area contributed by atoms with Crippen LogP contribution in [0.5, 0.6) is 0 Å². The summed E-state index contributed by atoms with van der Waals surface area (Å²) in [5.41, 5.74) is 0.608. The summed E-state index contributed by atoms with van der Waals surface area (Å²) < 4.78 is 0. The molecule has 1 aromatic carbocycles. The number of urea groups is 1. The quantitative estimate of drug-likeness (QED) is 0.595. The maximum atomic E-state index is 11.5. The lowest BCUT2D eigenvalue weighted by molar-refractivity contribution is -0.137. The van der Waals surface area contributed by atoms with Gasteiger partial charge in [0.15, 0.2) is 0 Å². The van der Waals surface area contributed by atoms with E-state index in [4.69, 9.17) is 10.4 Å². The summed E-state index contributed by atoms with van der Waals surface area (Å²) in [5, 5.41) is 23.9. The average Bonchev–Trinajstić information content (AvgIpc) is 2.43. The van der Waals surface area contributed by atoms with Gasteiger partial charge in [0.2, 0.25) is 5.91 Å². The van der Waals surface area contributed by atoms with E-state index in [1.165, 1.54) is 6.07 Å². The van der Waals surface area contributed by atoms with Crippen LogP contribution in [0, 0.1) is 11.3 Å². The van der Waals surface area contributed by atoms with Gasteiger partial charge in [0.05, 0.1) is 17.8 Å². The number of aliphatic carboxylic acids is 1. The summed E-state index contributed by atoms with van der Waals surface area (Å²) in [6, 6.07) is 7.63. The van der Waals surface area contributed by atoms with Crippen molar-refractivity contribution in [1.82, 2.24) is 10.6 Å². The van der Waals surface area contributed by atoms with E-state index in [-0.39, 0.29) is 12.1 Å². The number of hydrogen-bond donors (Lipinski definition) is 4. The maximum absolute atomic E-state index is 11.5. The molecule has 104 valence electrons. The molecule has 0 aromatic heterocycles. The number of anilines is 1. The number of rotatable bonds is 5. The van der Waals surface area contributed by atoms with Crippen molar-refractivity contribution in [2.24, 2.45) is 0 Å². The van der Waals surface area contributed by atoms with Crippen molar-refractivity contribution in [2.75, 3.05) is 18.4 Å². The van der Waals surface area contributed by atoms with E-state index >= 15 is 0 Å². The van der Waals surface area contributed by atoms with Gasteiger partial charge in [0.1, 0.15) is 12.6 Å². The monoisotopic (exact) mass is 276 g/mol. The SMILES string of the molecule is N#Cc1ccccc1NC(=O)NCC(=O)NCC(=O)O. The van der Waals surface area contributed by atoms with Gasteiger partial charge >= 0.3 is 12.0 Å². The zero-order valence-corrected chi connectivity index (χ0v) is 10.3. The van der Waals surface area contributed by atoms with Crippen LogP contribution in [-0.4, -0.2) is 36.1 Å². The average molecular weight is 276 g/mol. The molecule has 1 aromatic rings. The predicted octanol–water partition coefficient (Wildman–Crippen LogP) is -0.119. The molecule has 0 aliphatic heterocycles. The molecule has 0 unspecified atom stereocenters. The number of hydrogen-bond acceptors (Lipinski definition) is 4. The Morgan fingerprint density at radius 2 is 1.85 bits per heavy atom. The minimum Gasteiger partial charge on any atom is -0.480 e. The van der Waals surface area contributed by atoms with Crippen molar-refractivity contribution in [3.63, 3.8) is 0 Å². The highest BCUT2D eigenvalue weighted by atomic mass is 16.4. The molecule has 8 heteroatoms. The summed E-state index contributed by atoms with van der Waals surface area (Å²) in [6.07, 6.45) is 0. The predicted molar refractivity (Wildman–Crippen MR) is 68.8 cm³/mol. The second-order valence-corrected chi connectivity index (χ2v) is 3.64. The molecular formula is C12H12N4O4. The third-order valence-electron chi connectivity index (χ3n) is 2.14. The van der Waals surface area contributed by atoms with Crippen LogP contribution in [0.3, 0.4) is 0 Å². The van der Waals surface area contributed by atoms with E-state index in [9.17, 15) is 14.4 Å². The third-order valence-corrected chi connectivity index (χ3v) is 2.14.